The Morgan fingerprint density at radius 3 is 1.33 bits per heavy atom. The van der Waals surface area contributed by atoms with Crippen molar-refractivity contribution in [3.63, 3.8) is 0 Å². The molecule has 4 nitrogen and oxygen atoms in total. The van der Waals surface area contributed by atoms with E-state index in [1.807, 2.05) is 0 Å². The molecule has 0 aromatic rings. The van der Waals surface area contributed by atoms with E-state index in [4.69, 9.17) is 13.3 Å². The smallest absolute Gasteiger partial charge is 0.344 e. The summed E-state index contributed by atoms with van der Waals surface area (Å²) in [5.41, 5.74) is 0. The average molecular weight is 296 g/mol. The Morgan fingerprint density at radius 2 is 1.33 bits per heavy atom. The second kappa shape index (κ2) is 9.24. The van der Waals surface area contributed by atoms with Crippen LogP contribution in [0.25, 0.3) is 0 Å². The zero-order chi connectivity index (χ0) is 3.58. The molecular formula is H5AuNO3S+3. The first-order valence-corrected chi connectivity index (χ1v) is 1.60. The summed E-state index contributed by atoms with van der Waals surface area (Å²) in [5.74, 6) is 0. The van der Waals surface area contributed by atoms with Gasteiger partial charge in [-0.1, -0.05) is 0 Å². The van der Waals surface area contributed by atoms with Crippen molar-refractivity contribution in [3.8, 4) is 0 Å². The van der Waals surface area contributed by atoms with E-state index in [1.54, 1.807) is 0 Å². The van der Waals surface area contributed by atoms with E-state index < -0.39 is 11.4 Å². The van der Waals surface area contributed by atoms with Crippen LogP contribution < -0.4 is 6.15 Å². The van der Waals surface area contributed by atoms with Crippen LogP contribution >= 0.6 is 0 Å². The first kappa shape index (κ1) is 15.9. The van der Waals surface area contributed by atoms with Gasteiger partial charge in [0.25, 0.3) is 11.4 Å². The van der Waals surface area contributed by atoms with E-state index in [1.165, 1.54) is 0 Å². The summed E-state index contributed by atoms with van der Waals surface area (Å²) in [7, 11) is 0. The Balaban J connectivity index is -0.0000000450. The maximum Gasteiger partial charge on any atom is 3.00 e. The number of hydrogen-bond acceptors (Lipinski definition) is 2. The molecule has 0 fully saturated rings. The summed E-state index contributed by atoms with van der Waals surface area (Å²) in [6, 6.07) is 0. The molecule has 0 spiro atoms. The molecule has 0 aliphatic rings. The Labute approximate surface area is 53.5 Å². The molecule has 6 heteroatoms. The molecule has 0 saturated carbocycles. The topological polar surface area (TPSA) is 92.5 Å². The monoisotopic (exact) mass is 296 g/mol. The molecular weight excluding hydrogens is 291 g/mol. The fourth-order valence-electron chi connectivity index (χ4n) is 0. The van der Waals surface area contributed by atoms with Gasteiger partial charge < -0.3 is 6.15 Å². The molecule has 0 unspecified atom stereocenters. The second-order valence-corrected chi connectivity index (χ2v) is 0.692. The quantitative estimate of drug-likeness (QED) is 0.428. The fourth-order valence-corrected chi connectivity index (χ4v) is 0. The average Bonchev–Trinajstić information content (AvgIpc) is 0.811. The van der Waals surface area contributed by atoms with Gasteiger partial charge in [-0.15, -0.1) is 0 Å². The number of hydrogen-bond donors (Lipinski definition) is 3. The largest absolute Gasteiger partial charge is 3.00 e. The van der Waals surface area contributed by atoms with Gasteiger partial charge in [0.1, 0.15) is 0 Å². The Kier molecular flexibility index (Phi) is 24.4. The van der Waals surface area contributed by atoms with Gasteiger partial charge in [0.2, 0.25) is 0 Å². The summed E-state index contributed by atoms with van der Waals surface area (Å²) in [4.78, 5) is 0. The molecule has 0 aromatic carbocycles. The summed E-state index contributed by atoms with van der Waals surface area (Å²) in [6.45, 7) is 0. The maximum absolute atomic E-state index is 8.67. The molecule has 6 heavy (non-hydrogen) atoms. The van der Waals surface area contributed by atoms with Gasteiger partial charge in [-0.25, -0.2) is 0 Å². The molecule has 0 heterocycles. The molecule has 0 saturated heterocycles. The van der Waals surface area contributed by atoms with Crippen LogP contribution in [0.2, 0.25) is 0 Å². The van der Waals surface area contributed by atoms with Gasteiger partial charge in [0, 0.05) is 0 Å². The normalized spacial score (nSPS) is 5.83. The maximum atomic E-state index is 8.67. The minimum absolute atomic E-state index is 0. The SMILES string of the molecule is N.O=S(O)O.[Au+3]. The fraction of sp³-hybridized carbons (Fsp3) is 0. The summed E-state index contributed by atoms with van der Waals surface area (Å²) in [5, 5.41) is 0. The first-order valence-electron chi connectivity index (χ1n) is 0.532. The summed E-state index contributed by atoms with van der Waals surface area (Å²) >= 11 is -2.61. The molecule has 0 radical (unpaired) electrons. The molecule has 0 amide bonds. The van der Waals surface area contributed by atoms with Crippen molar-refractivity contribution < 1.29 is 35.7 Å². The molecule has 5 N–H and O–H groups in total. The molecule has 0 aliphatic carbocycles. The predicted octanol–water partition coefficient (Wildman–Crippen LogP) is -0.159. The zero-order valence-corrected chi connectivity index (χ0v) is 5.70. The van der Waals surface area contributed by atoms with Gasteiger partial charge in [-0.3, -0.25) is 9.11 Å². The van der Waals surface area contributed by atoms with E-state index in [0.29, 0.717) is 0 Å². The van der Waals surface area contributed by atoms with Crippen molar-refractivity contribution in [2.45, 2.75) is 0 Å². The molecule has 0 aromatic heterocycles. The van der Waals surface area contributed by atoms with E-state index in [9.17, 15) is 0 Å². The van der Waals surface area contributed by atoms with Gasteiger partial charge >= 0.3 is 22.4 Å². The molecule has 0 rings (SSSR count). The molecule has 0 bridgehead atoms. The van der Waals surface area contributed by atoms with Crippen LogP contribution in [-0.2, 0) is 33.7 Å². The minimum Gasteiger partial charge on any atom is -0.344 e. The Morgan fingerprint density at radius 1 is 1.33 bits per heavy atom. The minimum atomic E-state index is -2.61. The standard InChI is InChI=1S/Au.H3N.H2O3S/c;;1-4(2)3/h;1H3;(H2,1,2,3)/q+3;;. The van der Waals surface area contributed by atoms with Crippen LogP contribution in [0.15, 0.2) is 0 Å². The summed E-state index contributed by atoms with van der Waals surface area (Å²) in [6.07, 6.45) is 0. The van der Waals surface area contributed by atoms with Gasteiger partial charge in [-0.2, -0.15) is 4.21 Å². The van der Waals surface area contributed by atoms with Crippen molar-refractivity contribution in [2.75, 3.05) is 0 Å². The summed E-state index contributed by atoms with van der Waals surface area (Å²) < 4.78 is 22.8. The van der Waals surface area contributed by atoms with Crippen molar-refractivity contribution in [2.24, 2.45) is 0 Å². The second-order valence-electron chi connectivity index (χ2n) is 0.231. The van der Waals surface area contributed by atoms with Crippen LogP contribution in [-0.4, -0.2) is 13.3 Å². The third-order valence-electron chi connectivity index (χ3n) is 0. The van der Waals surface area contributed by atoms with Crippen LogP contribution in [0.3, 0.4) is 0 Å². The van der Waals surface area contributed by atoms with Crippen LogP contribution in [0.1, 0.15) is 0 Å². The molecule has 0 aliphatic heterocycles. The zero-order valence-electron chi connectivity index (χ0n) is 2.72. The van der Waals surface area contributed by atoms with E-state index in [0.717, 1.165) is 0 Å². The first-order chi connectivity index (χ1) is 1.73. The van der Waals surface area contributed by atoms with Crippen molar-refractivity contribution in [3.05, 3.63) is 0 Å². The Bertz CT molecular complexity index is 33.8. The van der Waals surface area contributed by atoms with Crippen molar-refractivity contribution in [1.82, 2.24) is 6.15 Å². The van der Waals surface area contributed by atoms with Crippen LogP contribution in [0, 0.1) is 0 Å². The van der Waals surface area contributed by atoms with Crippen LogP contribution in [0.4, 0.5) is 0 Å². The van der Waals surface area contributed by atoms with E-state index in [-0.39, 0.29) is 28.5 Å². The third-order valence-corrected chi connectivity index (χ3v) is 0. The van der Waals surface area contributed by atoms with E-state index in [2.05, 4.69) is 0 Å². The van der Waals surface area contributed by atoms with Crippen molar-refractivity contribution in [1.29, 1.82) is 0 Å². The molecule has 42 valence electrons. The van der Waals surface area contributed by atoms with Gasteiger partial charge in [-0.05, 0) is 0 Å². The predicted molar refractivity (Wildman–Crippen MR) is 18.4 cm³/mol. The van der Waals surface area contributed by atoms with Crippen LogP contribution in [0.5, 0.6) is 0 Å². The molecule has 0 atom stereocenters. The Hall–Kier alpha value is 0.770. The number of rotatable bonds is 0. The van der Waals surface area contributed by atoms with Gasteiger partial charge in [0.15, 0.2) is 0 Å². The van der Waals surface area contributed by atoms with Gasteiger partial charge in [0.05, 0.1) is 0 Å². The van der Waals surface area contributed by atoms with E-state index >= 15 is 0 Å². The van der Waals surface area contributed by atoms with Crippen molar-refractivity contribution >= 4 is 11.4 Å². The third kappa shape index (κ3) is 114.